The molecule has 12 nitrogen and oxygen atoms in total. The second-order valence-electron chi connectivity index (χ2n) is 5.08. The Hall–Kier alpha value is -0.770. The Morgan fingerprint density at radius 1 is 0.875 bits per heavy atom. The standard InChI is InChI=1S/2C6H12O6/c7-1-2-3(8)4(9)5(10)6(11)12-2;7-1-3(9)5(11)6(12)4(10)2-8/h2-11H,1H2;1,3-6,8-12H,2H2/t2-,3+,4+,5-,6+;3-,4+,5+,6+/m10/s1. The van der Waals surface area contributed by atoms with E-state index in [-0.39, 0.29) is 6.29 Å². The minimum atomic E-state index is -1.79. The first-order valence-corrected chi connectivity index (χ1v) is 6.89. The van der Waals surface area contributed by atoms with Gasteiger partial charge in [0, 0.05) is 0 Å². The SMILES string of the molecule is O=C[C@H](O)[C@@H](O)[C@H](O)[C@H](O)CO.OC[C@H]1O[C@H](O)[C@H](O)[C@@H](O)[C@H]1O. The molecule has 0 bridgehead atoms. The average Bonchev–Trinajstić information content (AvgIpc) is 2.60. The van der Waals surface area contributed by atoms with E-state index in [4.69, 9.17) is 51.1 Å². The number of aliphatic hydroxyl groups excluding tert-OH is 10. The normalized spacial score (nSPS) is 35.2. The smallest absolute Gasteiger partial charge is 0.184 e. The Bertz CT molecular complexity index is 350. The third kappa shape index (κ3) is 6.27. The summed E-state index contributed by atoms with van der Waals surface area (Å²) in [5.41, 5.74) is 0. The van der Waals surface area contributed by atoms with Crippen molar-refractivity contribution in [1.82, 2.24) is 0 Å². The number of carbonyl (C=O) groups is 1. The van der Waals surface area contributed by atoms with Gasteiger partial charge in [0.2, 0.25) is 0 Å². The van der Waals surface area contributed by atoms with Crippen molar-refractivity contribution < 1.29 is 60.6 Å². The predicted molar refractivity (Wildman–Crippen MR) is 73.2 cm³/mol. The number of aliphatic hydroxyl groups is 10. The summed E-state index contributed by atoms with van der Waals surface area (Å²) in [5, 5.41) is 88.2. The van der Waals surface area contributed by atoms with Crippen LogP contribution in [0, 0.1) is 0 Å². The molecule has 9 atom stereocenters. The van der Waals surface area contributed by atoms with E-state index in [1.54, 1.807) is 0 Å². The van der Waals surface area contributed by atoms with Gasteiger partial charge < -0.3 is 60.6 Å². The predicted octanol–water partition coefficient (Wildman–Crippen LogP) is -6.60. The van der Waals surface area contributed by atoms with Gasteiger partial charge in [0.25, 0.3) is 0 Å². The van der Waals surface area contributed by atoms with Crippen LogP contribution in [-0.4, -0.2) is 126 Å². The van der Waals surface area contributed by atoms with Gasteiger partial charge in [0.05, 0.1) is 13.2 Å². The zero-order chi connectivity index (χ0) is 19.0. The summed E-state index contributed by atoms with van der Waals surface area (Å²) in [4.78, 5) is 9.90. The van der Waals surface area contributed by atoms with E-state index in [2.05, 4.69) is 4.74 Å². The number of carbonyl (C=O) groups excluding carboxylic acids is 1. The number of hydrogen-bond acceptors (Lipinski definition) is 12. The molecule has 0 unspecified atom stereocenters. The Kier molecular flexibility index (Phi) is 10.6. The van der Waals surface area contributed by atoms with E-state index in [0.717, 1.165) is 0 Å². The largest absolute Gasteiger partial charge is 0.394 e. The molecule has 1 saturated heterocycles. The molecule has 0 amide bonds. The number of ether oxygens (including phenoxy) is 1. The molecular formula is C12H24O12. The lowest BCUT2D eigenvalue weighted by Crippen LogP contribution is -2.58. The van der Waals surface area contributed by atoms with Crippen molar-refractivity contribution in [1.29, 1.82) is 0 Å². The molecular weight excluding hydrogens is 336 g/mol. The maximum Gasteiger partial charge on any atom is 0.184 e. The van der Waals surface area contributed by atoms with Crippen LogP contribution in [0.2, 0.25) is 0 Å². The summed E-state index contributed by atoms with van der Waals surface area (Å²) < 4.78 is 4.58. The summed E-state index contributed by atoms with van der Waals surface area (Å²) in [7, 11) is 0. The van der Waals surface area contributed by atoms with Gasteiger partial charge in [-0.3, -0.25) is 0 Å². The van der Waals surface area contributed by atoms with Crippen LogP contribution >= 0.6 is 0 Å². The molecule has 1 fully saturated rings. The van der Waals surface area contributed by atoms with Gasteiger partial charge in [-0.25, -0.2) is 0 Å². The first-order valence-electron chi connectivity index (χ1n) is 6.89. The van der Waals surface area contributed by atoms with Gasteiger partial charge >= 0.3 is 0 Å². The summed E-state index contributed by atoms with van der Waals surface area (Å²) in [5.74, 6) is 0. The molecule has 0 aromatic rings. The van der Waals surface area contributed by atoms with Crippen molar-refractivity contribution in [2.45, 2.75) is 55.1 Å². The zero-order valence-corrected chi connectivity index (χ0v) is 12.5. The highest BCUT2D eigenvalue weighted by molar-refractivity contribution is 5.56. The average molecular weight is 360 g/mol. The van der Waals surface area contributed by atoms with Gasteiger partial charge in [-0.2, -0.15) is 0 Å². The monoisotopic (exact) mass is 360 g/mol. The number of hydrogen-bond donors (Lipinski definition) is 10. The molecule has 0 aliphatic carbocycles. The fraction of sp³-hybridized carbons (Fsp3) is 0.917. The van der Waals surface area contributed by atoms with Crippen molar-refractivity contribution in [3.63, 3.8) is 0 Å². The Morgan fingerprint density at radius 2 is 1.42 bits per heavy atom. The van der Waals surface area contributed by atoms with E-state index >= 15 is 0 Å². The summed E-state index contributed by atoms with van der Waals surface area (Å²) in [6, 6.07) is 0. The molecule has 0 spiro atoms. The summed E-state index contributed by atoms with van der Waals surface area (Å²) in [6.07, 6.45) is -13.9. The van der Waals surface area contributed by atoms with E-state index < -0.39 is 68.3 Å². The lowest BCUT2D eigenvalue weighted by Gasteiger charge is -2.37. The van der Waals surface area contributed by atoms with Crippen molar-refractivity contribution in [3.05, 3.63) is 0 Å². The fourth-order valence-electron chi connectivity index (χ4n) is 1.70. The van der Waals surface area contributed by atoms with E-state index in [1.165, 1.54) is 0 Å². The minimum Gasteiger partial charge on any atom is -0.394 e. The van der Waals surface area contributed by atoms with Crippen molar-refractivity contribution in [2.24, 2.45) is 0 Å². The number of rotatable bonds is 6. The highest BCUT2D eigenvalue weighted by Crippen LogP contribution is 2.19. The molecule has 0 aromatic carbocycles. The molecule has 24 heavy (non-hydrogen) atoms. The lowest BCUT2D eigenvalue weighted by molar-refractivity contribution is -0.286. The van der Waals surface area contributed by atoms with Crippen molar-refractivity contribution in [2.75, 3.05) is 13.2 Å². The maximum atomic E-state index is 9.90. The van der Waals surface area contributed by atoms with E-state index in [9.17, 15) is 4.79 Å². The molecule has 1 heterocycles. The molecule has 0 saturated carbocycles. The van der Waals surface area contributed by atoms with Gasteiger partial charge in [-0.1, -0.05) is 0 Å². The minimum absolute atomic E-state index is 0.0258. The summed E-state index contributed by atoms with van der Waals surface area (Å²) in [6.45, 7) is -1.29. The molecule has 10 N–H and O–H groups in total. The first-order chi connectivity index (χ1) is 11.1. The zero-order valence-electron chi connectivity index (χ0n) is 12.5. The van der Waals surface area contributed by atoms with Crippen LogP contribution in [-0.2, 0) is 9.53 Å². The third-order valence-electron chi connectivity index (χ3n) is 3.29. The van der Waals surface area contributed by atoms with E-state index in [1.807, 2.05) is 0 Å². The first kappa shape index (κ1) is 23.2. The lowest BCUT2D eigenvalue weighted by atomic mass is 10.00. The quantitative estimate of drug-likeness (QED) is 0.199. The van der Waals surface area contributed by atoms with E-state index in [0.29, 0.717) is 0 Å². The Morgan fingerprint density at radius 3 is 1.83 bits per heavy atom. The number of aldehydes is 1. The van der Waals surface area contributed by atoms with Crippen LogP contribution in [0.5, 0.6) is 0 Å². The molecule has 12 heteroatoms. The topological polar surface area (TPSA) is 229 Å². The molecule has 0 aromatic heterocycles. The van der Waals surface area contributed by atoms with Crippen molar-refractivity contribution >= 4 is 6.29 Å². The third-order valence-corrected chi connectivity index (χ3v) is 3.29. The van der Waals surface area contributed by atoms with Crippen LogP contribution < -0.4 is 0 Å². The maximum absolute atomic E-state index is 9.90. The highest BCUT2D eigenvalue weighted by Gasteiger charge is 2.42. The second-order valence-corrected chi connectivity index (χ2v) is 5.08. The molecule has 1 aliphatic rings. The molecule has 144 valence electrons. The van der Waals surface area contributed by atoms with Crippen LogP contribution in [0.25, 0.3) is 0 Å². The van der Waals surface area contributed by atoms with Crippen molar-refractivity contribution in [3.8, 4) is 0 Å². The Balaban J connectivity index is 0.000000441. The van der Waals surface area contributed by atoms with Gasteiger partial charge in [0.15, 0.2) is 12.6 Å². The fourth-order valence-corrected chi connectivity index (χ4v) is 1.70. The van der Waals surface area contributed by atoms with Gasteiger partial charge in [-0.05, 0) is 0 Å². The van der Waals surface area contributed by atoms with Crippen LogP contribution in [0.1, 0.15) is 0 Å². The molecule has 1 aliphatic heterocycles. The van der Waals surface area contributed by atoms with Crippen LogP contribution in [0.4, 0.5) is 0 Å². The summed E-state index contributed by atoms with van der Waals surface area (Å²) >= 11 is 0. The van der Waals surface area contributed by atoms with Gasteiger partial charge in [-0.15, -0.1) is 0 Å². The highest BCUT2D eigenvalue weighted by atomic mass is 16.6. The second kappa shape index (κ2) is 11.0. The molecule has 1 rings (SSSR count). The van der Waals surface area contributed by atoms with Crippen LogP contribution in [0.15, 0.2) is 0 Å². The van der Waals surface area contributed by atoms with Crippen LogP contribution in [0.3, 0.4) is 0 Å². The molecule has 0 radical (unpaired) electrons. The Labute approximate surface area is 136 Å². The van der Waals surface area contributed by atoms with Gasteiger partial charge in [0.1, 0.15) is 48.8 Å².